The van der Waals surface area contributed by atoms with Gasteiger partial charge in [0.05, 0.1) is 0 Å². The minimum atomic E-state index is 0.517. The van der Waals surface area contributed by atoms with Crippen molar-refractivity contribution in [1.82, 2.24) is 5.32 Å². The predicted octanol–water partition coefficient (Wildman–Crippen LogP) is 4.23. The summed E-state index contributed by atoms with van der Waals surface area (Å²) < 4.78 is 0. The second-order valence-electron chi connectivity index (χ2n) is 5.65. The van der Waals surface area contributed by atoms with Crippen LogP contribution in [0.5, 0.6) is 0 Å². The first-order valence-electron chi connectivity index (χ1n) is 7.00. The van der Waals surface area contributed by atoms with E-state index >= 15 is 0 Å². The number of thioether (sulfide) groups is 1. The van der Waals surface area contributed by atoms with Crippen LogP contribution in [0.4, 0.5) is 0 Å². The molecule has 2 atom stereocenters. The Morgan fingerprint density at radius 1 is 1.28 bits per heavy atom. The molecule has 1 nitrogen and oxygen atoms in total. The van der Waals surface area contributed by atoms with E-state index in [4.69, 9.17) is 0 Å². The number of aryl methyl sites for hydroxylation is 2. The van der Waals surface area contributed by atoms with Crippen molar-refractivity contribution >= 4 is 11.8 Å². The fraction of sp³-hybridized carbons (Fsp3) is 0.625. The molecule has 2 rings (SSSR count). The Bertz CT molecular complexity index is 425. The highest BCUT2D eigenvalue weighted by Gasteiger charge is 2.33. The molecule has 0 fully saturated rings. The fourth-order valence-corrected chi connectivity index (χ4v) is 4.52. The van der Waals surface area contributed by atoms with Gasteiger partial charge in [-0.15, -0.1) is 0 Å². The molecule has 0 amide bonds. The van der Waals surface area contributed by atoms with Gasteiger partial charge in [-0.3, -0.25) is 0 Å². The molecule has 2 unspecified atom stereocenters. The average molecular weight is 263 g/mol. The lowest BCUT2D eigenvalue weighted by Crippen LogP contribution is -2.37. The van der Waals surface area contributed by atoms with Gasteiger partial charge in [0.15, 0.2) is 0 Å². The van der Waals surface area contributed by atoms with E-state index in [0.717, 1.165) is 6.54 Å². The molecule has 0 saturated carbocycles. The van der Waals surface area contributed by atoms with Crippen LogP contribution in [0.1, 0.15) is 49.1 Å². The van der Waals surface area contributed by atoms with Gasteiger partial charge in [-0.25, -0.2) is 0 Å². The molecular weight excluding hydrogens is 238 g/mol. The van der Waals surface area contributed by atoms with Gasteiger partial charge in [0, 0.05) is 17.0 Å². The second kappa shape index (κ2) is 5.66. The topological polar surface area (TPSA) is 12.0 Å². The van der Waals surface area contributed by atoms with Gasteiger partial charge in [-0.1, -0.05) is 32.9 Å². The molecule has 1 aromatic carbocycles. The van der Waals surface area contributed by atoms with Crippen LogP contribution in [-0.4, -0.2) is 11.8 Å². The Morgan fingerprint density at radius 2 is 1.94 bits per heavy atom. The van der Waals surface area contributed by atoms with Crippen LogP contribution < -0.4 is 5.32 Å². The highest BCUT2D eigenvalue weighted by atomic mass is 32.2. The van der Waals surface area contributed by atoms with Gasteiger partial charge in [-0.2, -0.15) is 11.8 Å². The molecule has 0 aliphatic carbocycles. The van der Waals surface area contributed by atoms with Crippen LogP contribution in [0.3, 0.4) is 0 Å². The number of fused-ring (bicyclic) bond motifs is 1. The molecule has 100 valence electrons. The van der Waals surface area contributed by atoms with Crippen molar-refractivity contribution in [2.75, 3.05) is 6.54 Å². The lowest BCUT2D eigenvalue weighted by molar-refractivity contribution is 0.445. The van der Waals surface area contributed by atoms with Gasteiger partial charge in [-0.05, 0) is 48.6 Å². The zero-order valence-corrected chi connectivity index (χ0v) is 13.0. The molecule has 0 aromatic heterocycles. The zero-order valence-electron chi connectivity index (χ0n) is 12.2. The predicted molar refractivity (Wildman–Crippen MR) is 82.3 cm³/mol. The summed E-state index contributed by atoms with van der Waals surface area (Å²) >= 11 is 2.12. The lowest BCUT2D eigenvalue weighted by atomic mass is 9.87. The Balaban J connectivity index is 2.48. The zero-order chi connectivity index (χ0) is 13.3. The van der Waals surface area contributed by atoms with Crippen LogP contribution in [0.2, 0.25) is 0 Å². The highest BCUT2D eigenvalue weighted by Crippen LogP contribution is 2.43. The quantitative estimate of drug-likeness (QED) is 0.876. The summed E-state index contributed by atoms with van der Waals surface area (Å²) in [6.45, 7) is 12.5. The summed E-state index contributed by atoms with van der Waals surface area (Å²) in [7, 11) is 0. The number of rotatable bonds is 3. The van der Waals surface area contributed by atoms with Crippen molar-refractivity contribution in [3.63, 3.8) is 0 Å². The van der Waals surface area contributed by atoms with Crippen LogP contribution in [0, 0.1) is 19.8 Å². The van der Waals surface area contributed by atoms with Gasteiger partial charge >= 0.3 is 0 Å². The maximum absolute atomic E-state index is 3.72. The summed E-state index contributed by atoms with van der Waals surface area (Å²) in [6.07, 6.45) is 0. The van der Waals surface area contributed by atoms with E-state index in [9.17, 15) is 0 Å². The number of hydrogen-bond donors (Lipinski definition) is 1. The minimum absolute atomic E-state index is 0.517. The summed E-state index contributed by atoms with van der Waals surface area (Å²) in [5, 5.41) is 4.41. The first-order chi connectivity index (χ1) is 8.56. The van der Waals surface area contributed by atoms with Gasteiger partial charge in [0.1, 0.15) is 0 Å². The average Bonchev–Trinajstić information content (AvgIpc) is 2.34. The van der Waals surface area contributed by atoms with Gasteiger partial charge in [0.25, 0.3) is 0 Å². The number of nitrogens with one attached hydrogen (secondary N) is 1. The Kier molecular flexibility index (Phi) is 4.39. The molecule has 18 heavy (non-hydrogen) atoms. The van der Waals surface area contributed by atoms with Crippen LogP contribution in [0.15, 0.2) is 12.1 Å². The van der Waals surface area contributed by atoms with E-state index < -0.39 is 0 Å². The maximum Gasteiger partial charge on any atom is 0.0448 e. The Hall–Kier alpha value is -0.470. The summed E-state index contributed by atoms with van der Waals surface area (Å²) in [6, 6.07) is 5.07. The first-order valence-corrected chi connectivity index (χ1v) is 8.05. The maximum atomic E-state index is 3.72. The van der Waals surface area contributed by atoms with E-state index in [2.05, 4.69) is 63.8 Å². The monoisotopic (exact) mass is 263 g/mol. The van der Waals surface area contributed by atoms with Crippen molar-refractivity contribution < 1.29 is 0 Å². The molecule has 1 aliphatic rings. The smallest absolute Gasteiger partial charge is 0.0448 e. The van der Waals surface area contributed by atoms with Crippen LogP contribution in [0.25, 0.3) is 0 Å². The van der Waals surface area contributed by atoms with Crippen molar-refractivity contribution in [3.8, 4) is 0 Å². The standard InChI is InChI=1S/C16H25NS/c1-6-17-15-14-12(5)8-7-11(4)13(14)9-18-16(15)10(2)3/h7-8,10,15-17H,6,9H2,1-5H3. The minimum Gasteiger partial charge on any atom is -0.309 e. The molecule has 2 heteroatoms. The third-order valence-electron chi connectivity index (χ3n) is 3.95. The van der Waals surface area contributed by atoms with E-state index in [0.29, 0.717) is 17.2 Å². The van der Waals surface area contributed by atoms with Gasteiger partial charge in [0.2, 0.25) is 0 Å². The Morgan fingerprint density at radius 3 is 2.56 bits per heavy atom. The summed E-state index contributed by atoms with van der Waals surface area (Å²) in [5.41, 5.74) is 6.05. The highest BCUT2D eigenvalue weighted by molar-refractivity contribution is 7.99. The van der Waals surface area contributed by atoms with Crippen molar-refractivity contribution in [1.29, 1.82) is 0 Å². The molecule has 0 saturated heterocycles. The van der Waals surface area contributed by atoms with Crippen molar-refractivity contribution in [2.45, 2.75) is 51.7 Å². The van der Waals surface area contributed by atoms with E-state index in [1.54, 1.807) is 11.1 Å². The molecule has 1 N–H and O–H groups in total. The summed E-state index contributed by atoms with van der Waals surface area (Å²) in [5.74, 6) is 1.89. The molecular formula is C16H25NS. The molecule has 0 bridgehead atoms. The van der Waals surface area contributed by atoms with Gasteiger partial charge < -0.3 is 5.32 Å². The van der Waals surface area contributed by atoms with E-state index in [1.807, 2.05) is 0 Å². The molecule has 1 aromatic rings. The normalized spacial score (nSPS) is 23.2. The third kappa shape index (κ3) is 2.46. The number of hydrogen-bond acceptors (Lipinski definition) is 2. The SMILES string of the molecule is CCNC1c2c(C)ccc(C)c2CSC1C(C)C. The molecule has 0 spiro atoms. The Labute approximate surface area is 116 Å². The van der Waals surface area contributed by atoms with E-state index in [1.165, 1.54) is 16.9 Å². The lowest BCUT2D eigenvalue weighted by Gasteiger charge is -2.38. The first kappa shape index (κ1) is 14.0. The van der Waals surface area contributed by atoms with E-state index in [-0.39, 0.29) is 0 Å². The fourth-order valence-electron chi connectivity index (χ4n) is 2.97. The second-order valence-corrected chi connectivity index (χ2v) is 6.81. The number of benzene rings is 1. The third-order valence-corrected chi connectivity index (χ3v) is 5.61. The largest absolute Gasteiger partial charge is 0.309 e. The van der Waals surface area contributed by atoms with Crippen LogP contribution in [-0.2, 0) is 5.75 Å². The molecule has 1 aliphatic heterocycles. The van der Waals surface area contributed by atoms with Crippen molar-refractivity contribution in [2.24, 2.45) is 5.92 Å². The van der Waals surface area contributed by atoms with Crippen molar-refractivity contribution in [3.05, 3.63) is 34.4 Å². The molecule has 0 radical (unpaired) electrons. The van der Waals surface area contributed by atoms with Crippen LogP contribution >= 0.6 is 11.8 Å². The summed E-state index contributed by atoms with van der Waals surface area (Å²) in [4.78, 5) is 0. The molecule has 1 heterocycles.